The molecule has 2 N–H and O–H groups in total. The highest BCUT2D eigenvalue weighted by atomic mass is 16.6. The number of benzene rings is 1. The van der Waals surface area contributed by atoms with Gasteiger partial charge in [0.1, 0.15) is 11.4 Å². The summed E-state index contributed by atoms with van der Waals surface area (Å²) in [5.41, 5.74) is -1.09. The van der Waals surface area contributed by atoms with Crippen LogP contribution in [0.3, 0.4) is 0 Å². The maximum Gasteiger partial charge on any atom is 0.351 e. The molecule has 1 aliphatic carbocycles. The molecule has 1 unspecified atom stereocenters. The van der Waals surface area contributed by atoms with E-state index in [1.807, 2.05) is 19.9 Å². The van der Waals surface area contributed by atoms with Gasteiger partial charge in [-0.15, -0.1) is 0 Å². The summed E-state index contributed by atoms with van der Waals surface area (Å²) in [7, 11) is 0. The van der Waals surface area contributed by atoms with Gasteiger partial charge >= 0.3 is 5.97 Å². The Kier molecular flexibility index (Phi) is 2.53. The van der Waals surface area contributed by atoms with E-state index in [-0.39, 0.29) is 0 Å². The molecule has 1 fully saturated rings. The highest BCUT2D eigenvalue weighted by Gasteiger charge is 2.62. The number of fused-ring (bicyclic) bond motifs is 1. The lowest BCUT2D eigenvalue weighted by Crippen LogP contribution is -2.54. The Balaban J connectivity index is 2.20. The van der Waals surface area contributed by atoms with E-state index in [1.54, 1.807) is 6.07 Å². The third kappa shape index (κ3) is 1.44. The van der Waals surface area contributed by atoms with Crippen LogP contribution >= 0.6 is 0 Å². The summed E-state index contributed by atoms with van der Waals surface area (Å²) >= 11 is 0. The Morgan fingerprint density at radius 3 is 2.42 bits per heavy atom. The van der Waals surface area contributed by atoms with Crippen LogP contribution in [0.2, 0.25) is 0 Å². The summed E-state index contributed by atoms with van der Waals surface area (Å²) in [6.07, 6.45) is 2.47. The van der Waals surface area contributed by atoms with E-state index in [1.165, 1.54) is 0 Å². The van der Waals surface area contributed by atoms with Crippen molar-refractivity contribution >= 4 is 5.97 Å². The van der Waals surface area contributed by atoms with Gasteiger partial charge in [0, 0.05) is 5.56 Å². The van der Waals surface area contributed by atoms with Gasteiger partial charge in [-0.3, -0.25) is 0 Å². The van der Waals surface area contributed by atoms with Crippen LogP contribution in [0.5, 0.6) is 5.75 Å². The monoisotopic (exact) mass is 262 g/mol. The minimum atomic E-state index is -1.92. The third-order valence-corrected chi connectivity index (χ3v) is 4.66. The lowest BCUT2D eigenvalue weighted by molar-refractivity contribution is -0.185. The van der Waals surface area contributed by atoms with Crippen LogP contribution in [0.4, 0.5) is 0 Å². The number of carbonyl (C=O) groups is 1. The van der Waals surface area contributed by atoms with Crippen LogP contribution in [0.1, 0.15) is 42.4 Å². The molecule has 4 heteroatoms. The number of hydrogen-bond acceptors (Lipinski definition) is 4. The molecule has 102 valence electrons. The van der Waals surface area contributed by atoms with Gasteiger partial charge in [0.15, 0.2) is 0 Å². The fourth-order valence-corrected chi connectivity index (χ4v) is 3.25. The molecule has 0 bridgehead atoms. The number of ether oxygens (including phenoxy) is 1. The van der Waals surface area contributed by atoms with Crippen molar-refractivity contribution in [3.63, 3.8) is 0 Å². The predicted molar refractivity (Wildman–Crippen MR) is 68.9 cm³/mol. The van der Waals surface area contributed by atoms with E-state index in [2.05, 4.69) is 0 Å². The van der Waals surface area contributed by atoms with Gasteiger partial charge in [-0.2, -0.15) is 0 Å². The molecule has 4 nitrogen and oxygen atoms in total. The second-order valence-corrected chi connectivity index (χ2v) is 5.72. The molecular weight excluding hydrogens is 244 g/mol. The van der Waals surface area contributed by atoms with Crippen LogP contribution in [0.25, 0.3) is 0 Å². The van der Waals surface area contributed by atoms with Crippen molar-refractivity contribution in [1.29, 1.82) is 0 Å². The Morgan fingerprint density at radius 2 is 1.79 bits per heavy atom. The summed E-state index contributed by atoms with van der Waals surface area (Å²) in [5, 5.41) is 21.5. The summed E-state index contributed by atoms with van der Waals surface area (Å²) in [6, 6.07) is 3.54. The molecule has 1 saturated carbocycles. The second kappa shape index (κ2) is 3.81. The van der Waals surface area contributed by atoms with Crippen LogP contribution in [0.15, 0.2) is 12.1 Å². The van der Waals surface area contributed by atoms with Crippen LogP contribution < -0.4 is 4.74 Å². The molecule has 1 heterocycles. The molecule has 0 radical (unpaired) electrons. The molecular formula is C15H18O4. The van der Waals surface area contributed by atoms with Crippen molar-refractivity contribution in [2.75, 3.05) is 0 Å². The molecule has 1 atom stereocenters. The Bertz CT molecular complexity index is 558. The number of hydrogen-bond donors (Lipinski definition) is 2. The lowest BCUT2D eigenvalue weighted by atomic mass is 9.76. The Labute approximate surface area is 112 Å². The minimum absolute atomic E-state index is 0.407. The highest BCUT2D eigenvalue weighted by molar-refractivity contribution is 5.91. The molecule has 1 aromatic carbocycles. The summed E-state index contributed by atoms with van der Waals surface area (Å²) in [5.74, 6) is -0.339. The van der Waals surface area contributed by atoms with E-state index in [4.69, 9.17) is 4.74 Å². The average Bonchev–Trinajstić information content (AvgIpc) is 2.92. The lowest BCUT2D eigenvalue weighted by Gasteiger charge is -2.35. The van der Waals surface area contributed by atoms with Crippen molar-refractivity contribution in [2.45, 2.75) is 50.7 Å². The van der Waals surface area contributed by atoms with Crippen molar-refractivity contribution in [1.82, 2.24) is 0 Å². The molecule has 1 aromatic rings. The molecule has 0 aromatic heterocycles. The summed E-state index contributed by atoms with van der Waals surface area (Å²) in [6.45, 7) is 3.77. The maximum absolute atomic E-state index is 12.2. The molecule has 1 aliphatic heterocycles. The molecule has 2 aliphatic rings. The maximum atomic E-state index is 12.2. The van der Waals surface area contributed by atoms with Crippen LogP contribution in [0, 0.1) is 13.8 Å². The van der Waals surface area contributed by atoms with Crippen molar-refractivity contribution in [2.24, 2.45) is 0 Å². The van der Waals surface area contributed by atoms with Gasteiger partial charge in [0.05, 0.1) is 0 Å². The Hall–Kier alpha value is -1.39. The first-order valence-electron chi connectivity index (χ1n) is 6.68. The van der Waals surface area contributed by atoms with Gasteiger partial charge in [0.2, 0.25) is 5.60 Å². The standard InChI is InChI=1S/C15H18O4/c1-9-5-6-11-12(10(9)2)19-13(16)15(11,18)14(17)7-3-4-8-14/h5-6,17-18H,3-4,7-8H2,1-2H3. The number of carbonyl (C=O) groups excluding carboxylic acids is 1. The summed E-state index contributed by atoms with van der Waals surface area (Å²) < 4.78 is 5.26. The average molecular weight is 262 g/mol. The van der Waals surface area contributed by atoms with Gasteiger partial charge in [0.25, 0.3) is 0 Å². The van der Waals surface area contributed by atoms with E-state index in [9.17, 15) is 15.0 Å². The summed E-state index contributed by atoms with van der Waals surface area (Å²) in [4.78, 5) is 12.2. The number of aryl methyl sites for hydroxylation is 1. The zero-order valence-corrected chi connectivity index (χ0v) is 11.2. The number of rotatable bonds is 1. The molecule has 19 heavy (non-hydrogen) atoms. The quantitative estimate of drug-likeness (QED) is 0.597. The van der Waals surface area contributed by atoms with Crippen LogP contribution in [-0.2, 0) is 10.4 Å². The van der Waals surface area contributed by atoms with Crippen molar-refractivity contribution in [3.8, 4) is 5.75 Å². The van der Waals surface area contributed by atoms with E-state index in [0.29, 0.717) is 24.2 Å². The smallest absolute Gasteiger partial charge is 0.351 e. The SMILES string of the molecule is Cc1ccc2c(c1C)OC(=O)C2(O)C1(O)CCCC1. The number of aliphatic hydroxyl groups is 2. The highest BCUT2D eigenvalue weighted by Crippen LogP contribution is 2.51. The fraction of sp³-hybridized carbons (Fsp3) is 0.533. The largest absolute Gasteiger partial charge is 0.423 e. The molecule has 3 rings (SSSR count). The molecule has 0 spiro atoms. The first-order valence-corrected chi connectivity index (χ1v) is 6.68. The molecule has 0 saturated heterocycles. The zero-order valence-electron chi connectivity index (χ0n) is 11.2. The third-order valence-electron chi connectivity index (χ3n) is 4.66. The minimum Gasteiger partial charge on any atom is -0.423 e. The van der Waals surface area contributed by atoms with E-state index in [0.717, 1.165) is 24.0 Å². The van der Waals surface area contributed by atoms with Crippen molar-refractivity contribution in [3.05, 3.63) is 28.8 Å². The van der Waals surface area contributed by atoms with Crippen LogP contribution in [-0.4, -0.2) is 21.8 Å². The van der Waals surface area contributed by atoms with Crippen molar-refractivity contribution < 1.29 is 19.7 Å². The Morgan fingerprint density at radius 1 is 1.16 bits per heavy atom. The molecule has 0 amide bonds. The zero-order chi connectivity index (χ0) is 13.8. The first-order chi connectivity index (χ1) is 8.90. The first kappa shape index (κ1) is 12.6. The van der Waals surface area contributed by atoms with E-state index >= 15 is 0 Å². The normalized spacial score (nSPS) is 28.3. The topological polar surface area (TPSA) is 66.8 Å². The van der Waals surface area contributed by atoms with Gasteiger partial charge in [-0.1, -0.05) is 25.0 Å². The number of esters is 1. The van der Waals surface area contributed by atoms with Gasteiger partial charge in [-0.25, -0.2) is 4.79 Å². The predicted octanol–water partition coefficient (Wildman–Crippen LogP) is 1.72. The van der Waals surface area contributed by atoms with E-state index < -0.39 is 17.2 Å². The van der Waals surface area contributed by atoms with Gasteiger partial charge in [-0.05, 0) is 37.8 Å². The van der Waals surface area contributed by atoms with Gasteiger partial charge < -0.3 is 14.9 Å². The fourth-order valence-electron chi connectivity index (χ4n) is 3.25. The second-order valence-electron chi connectivity index (χ2n) is 5.72.